The van der Waals surface area contributed by atoms with Crippen molar-refractivity contribution in [3.63, 3.8) is 0 Å². The number of anilines is 1. The van der Waals surface area contributed by atoms with Crippen molar-refractivity contribution in [2.75, 3.05) is 5.32 Å². The Kier molecular flexibility index (Phi) is 4.17. The summed E-state index contributed by atoms with van der Waals surface area (Å²) in [5, 5.41) is 7.26. The molecule has 0 aliphatic carbocycles. The summed E-state index contributed by atoms with van der Waals surface area (Å²) in [5.41, 5.74) is 1.10. The maximum absolute atomic E-state index is 13.2. The summed E-state index contributed by atoms with van der Waals surface area (Å²) < 4.78 is 14.7. The standard InChI is InChI=1S/C18H11ClFN5O2/c19-13-7-10(20)5-6-11(13)18(27)24-14-3-1-2-4-15(14)25-16-12(8-23-25)17(26)22-9-21-16/h1-9H,(H,24,27)(H,21,22,26). The van der Waals surface area contributed by atoms with Crippen molar-refractivity contribution in [1.29, 1.82) is 0 Å². The van der Waals surface area contributed by atoms with Crippen LogP contribution in [0.1, 0.15) is 10.4 Å². The van der Waals surface area contributed by atoms with E-state index in [4.69, 9.17) is 11.6 Å². The van der Waals surface area contributed by atoms with E-state index in [0.29, 0.717) is 22.4 Å². The van der Waals surface area contributed by atoms with E-state index in [2.05, 4.69) is 20.4 Å². The summed E-state index contributed by atoms with van der Waals surface area (Å²) >= 11 is 5.96. The third-order valence-corrected chi connectivity index (χ3v) is 4.24. The number of aromatic amines is 1. The maximum atomic E-state index is 13.2. The van der Waals surface area contributed by atoms with Crippen LogP contribution in [0, 0.1) is 5.82 Å². The first-order valence-corrected chi connectivity index (χ1v) is 8.19. The number of amides is 1. The fraction of sp³-hybridized carbons (Fsp3) is 0. The van der Waals surface area contributed by atoms with Crippen LogP contribution in [-0.4, -0.2) is 25.7 Å². The van der Waals surface area contributed by atoms with E-state index in [1.165, 1.54) is 23.3 Å². The van der Waals surface area contributed by atoms with Gasteiger partial charge in [0.25, 0.3) is 11.5 Å². The minimum Gasteiger partial charge on any atom is -0.320 e. The van der Waals surface area contributed by atoms with Gasteiger partial charge in [0.15, 0.2) is 5.65 Å². The van der Waals surface area contributed by atoms with Crippen molar-refractivity contribution in [2.24, 2.45) is 0 Å². The van der Waals surface area contributed by atoms with Gasteiger partial charge in [-0.15, -0.1) is 0 Å². The van der Waals surface area contributed by atoms with Crippen LogP contribution in [0.15, 0.2) is 59.8 Å². The van der Waals surface area contributed by atoms with Crippen LogP contribution in [0.25, 0.3) is 16.7 Å². The van der Waals surface area contributed by atoms with Crippen molar-refractivity contribution in [1.82, 2.24) is 19.7 Å². The molecular weight excluding hydrogens is 373 g/mol. The summed E-state index contributed by atoms with van der Waals surface area (Å²) in [6.07, 6.45) is 2.68. The first kappa shape index (κ1) is 16.9. The van der Waals surface area contributed by atoms with Gasteiger partial charge in [0.05, 0.1) is 34.5 Å². The summed E-state index contributed by atoms with van der Waals surface area (Å²) in [6, 6.07) is 10.4. The van der Waals surface area contributed by atoms with E-state index in [9.17, 15) is 14.0 Å². The first-order valence-electron chi connectivity index (χ1n) is 7.82. The monoisotopic (exact) mass is 383 g/mol. The number of fused-ring (bicyclic) bond motifs is 1. The van der Waals surface area contributed by atoms with Crippen molar-refractivity contribution in [3.05, 3.63) is 81.7 Å². The number of carbonyl (C=O) groups excluding carboxylic acids is 1. The van der Waals surface area contributed by atoms with Crippen LogP contribution in [0.4, 0.5) is 10.1 Å². The Morgan fingerprint density at radius 3 is 2.85 bits per heavy atom. The molecule has 0 radical (unpaired) electrons. The highest BCUT2D eigenvalue weighted by molar-refractivity contribution is 6.34. The topological polar surface area (TPSA) is 92.7 Å². The van der Waals surface area contributed by atoms with Crippen molar-refractivity contribution < 1.29 is 9.18 Å². The number of halogens is 2. The fourth-order valence-electron chi connectivity index (χ4n) is 2.66. The van der Waals surface area contributed by atoms with E-state index in [0.717, 1.165) is 12.1 Å². The second-order valence-corrected chi connectivity index (χ2v) is 6.03. The third-order valence-electron chi connectivity index (χ3n) is 3.93. The molecule has 0 aliphatic heterocycles. The average Bonchev–Trinajstić information content (AvgIpc) is 3.07. The van der Waals surface area contributed by atoms with Gasteiger partial charge in [-0.05, 0) is 30.3 Å². The molecule has 0 atom stereocenters. The van der Waals surface area contributed by atoms with Crippen LogP contribution < -0.4 is 10.9 Å². The van der Waals surface area contributed by atoms with E-state index < -0.39 is 11.7 Å². The summed E-state index contributed by atoms with van der Waals surface area (Å²) in [4.78, 5) is 31.1. The molecule has 2 N–H and O–H groups in total. The zero-order valence-corrected chi connectivity index (χ0v) is 14.4. The minimum absolute atomic E-state index is 0.00252. The molecule has 0 spiro atoms. The molecule has 27 heavy (non-hydrogen) atoms. The molecule has 7 nitrogen and oxygen atoms in total. The molecule has 0 unspecified atom stereocenters. The minimum atomic E-state index is -0.531. The molecule has 1 amide bonds. The Labute approximate surface area is 156 Å². The van der Waals surface area contributed by atoms with Gasteiger partial charge in [-0.1, -0.05) is 23.7 Å². The largest absolute Gasteiger partial charge is 0.320 e. The van der Waals surface area contributed by atoms with Crippen LogP contribution in [0.3, 0.4) is 0 Å². The van der Waals surface area contributed by atoms with Crippen molar-refractivity contribution >= 4 is 34.2 Å². The number of hydrogen-bond acceptors (Lipinski definition) is 4. The highest BCUT2D eigenvalue weighted by Crippen LogP contribution is 2.24. The predicted molar refractivity (Wildman–Crippen MR) is 98.8 cm³/mol. The summed E-state index contributed by atoms with van der Waals surface area (Å²) in [6.45, 7) is 0. The highest BCUT2D eigenvalue weighted by atomic mass is 35.5. The Morgan fingerprint density at radius 1 is 1.22 bits per heavy atom. The molecule has 134 valence electrons. The molecule has 4 rings (SSSR count). The lowest BCUT2D eigenvalue weighted by atomic mass is 10.2. The molecular formula is C18H11ClFN5O2. The SMILES string of the molecule is O=C(Nc1ccccc1-n1ncc2c(=O)[nH]cnc21)c1ccc(F)cc1Cl. The van der Waals surface area contributed by atoms with E-state index >= 15 is 0 Å². The summed E-state index contributed by atoms with van der Waals surface area (Å²) in [7, 11) is 0. The molecule has 0 aliphatic rings. The molecule has 2 aromatic carbocycles. The van der Waals surface area contributed by atoms with Gasteiger partial charge in [0.1, 0.15) is 11.2 Å². The van der Waals surface area contributed by atoms with Gasteiger partial charge in [-0.3, -0.25) is 9.59 Å². The molecule has 0 saturated heterocycles. The lowest BCUT2D eigenvalue weighted by Crippen LogP contribution is -2.15. The van der Waals surface area contributed by atoms with E-state index in [1.54, 1.807) is 24.3 Å². The van der Waals surface area contributed by atoms with Crippen molar-refractivity contribution in [3.8, 4) is 5.69 Å². The molecule has 0 fully saturated rings. The Balaban J connectivity index is 1.76. The number of para-hydroxylation sites is 2. The van der Waals surface area contributed by atoms with Gasteiger partial charge in [0.2, 0.25) is 0 Å². The fourth-order valence-corrected chi connectivity index (χ4v) is 2.91. The van der Waals surface area contributed by atoms with Crippen LogP contribution in [0.5, 0.6) is 0 Å². The number of hydrogen-bond donors (Lipinski definition) is 2. The molecule has 0 saturated carbocycles. The average molecular weight is 384 g/mol. The number of carbonyl (C=O) groups is 1. The van der Waals surface area contributed by atoms with Gasteiger partial charge in [-0.2, -0.15) is 5.10 Å². The number of nitrogens with one attached hydrogen (secondary N) is 2. The Bertz CT molecular complexity index is 1230. The van der Waals surface area contributed by atoms with Crippen LogP contribution in [-0.2, 0) is 0 Å². The zero-order chi connectivity index (χ0) is 19.0. The third kappa shape index (κ3) is 3.06. The van der Waals surface area contributed by atoms with E-state index in [-0.39, 0.29) is 16.1 Å². The van der Waals surface area contributed by atoms with Gasteiger partial charge >= 0.3 is 0 Å². The normalized spacial score (nSPS) is 10.9. The first-order chi connectivity index (χ1) is 13.0. The van der Waals surface area contributed by atoms with Gasteiger partial charge in [0, 0.05) is 0 Å². The smallest absolute Gasteiger partial charge is 0.261 e. The molecule has 0 bridgehead atoms. The highest BCUT2D eigenvalue weighted by Gasteiger charge is 2.16. The van der Waals surface area contributed by atoms with Crippen molar-refractivity contribution in [2.45, 2.75) is 0 Å². The van der Waals surface area contributed by atoms with E-state index in [1.807, 2.05) is 0 Å². The van der Waals surface area contributed by atoms with Crippen LogP contribution in [0.2, 0.25) is 5.02 Å². The number of benzene rings is 2. The second-order valence-electron chi connectivity index (χ2n) is 5.62. The molecule has 2 heterocycles. The summed E-state index contributed by atoms with van der Waals surface area (Å²) in [5.74, 6) is -1.04. The Hall–Kier alpha value is -3.52. The number of aromatic nitrogens is 4. The Morgan fingerprint density at radius 2 is 2.04 bits per heavy atom. The number of rotatable bonds is 3. The van der Waals surface area contributed by atoms with Gasteiger partial charge < -0.3 is 10.3 Å². The zero-order valence-electron chi connectivity index (χ0n) is 13.6. The molecule has 9 heteroatoms. The number of nitrogens with zero attached hydrogens (tertiary/aromatic N) is 3. The second kappa shape index (κ2) is 6.65. The lowest BCUT2D eigenvalue weighted by molar-refractivity contribution is 0.102. The maximum Gasteiger partial charge on any atom is 0.261 e. The molecule has 4 aromatic rings. The predicted octanol–water partition coefficient (Wildman–Crippen LogP) is 3.15. The lowest BCUT2D eigenvalue weighted by Gasteiger charge is -2.12. The number of H-pyrrole nitrogens is 1. The van der Waals surface area contributed by atoms with Crippen LogP contribution >= 0.6 is 11.6 Å². The molecule has 2 aromatic heterocycles. The quantitative estimate of drug-likeness (QED) is 0.568. The van der Waals surface area contributed by atoms with Gasteiger partial charge in [-0.25, -0.2) is 14.1 Å².